The van der Waals surface area contributed by atoms with Crippen LogP contribution in [0.4, 0.5) is 10.1 Å². The van der Waals surface area contributed by atoms with Gasteiger partial charge in [-0.1, -0.05) is 25.5 Å². The SMILES string of the molecule is CCCCOc1ccc(/C=C/C(=O)Nc2ccc(F)cc2)cc1. The second kappa shape index (κ2) is 8.73. The molecule has 0 atom stereocenters. The number of amides is 1. The first-order valence-corrected chi connectivity index (χ1v) is 7.65. The van der Waals surface area contributed by atoms with Crippen LogP contribution in [0.25, 0.3) is 6.08 Å². The third-order valence-electron chi connectivity index (χ3n) is 3.19. The molecule has 0 fully saturated rings. The lowest BCUT2D eigenvalue weighted by Crippen LogP contribution is -2.07. The van der Waals surface area contributed by atoms with E-state index in [1.165, 1.54) is 30.3 Å². The second-order valence-corrected chi connectivity index (χ2v) is 5.10. The van der Waals surface area contributed by atoms with Crippen molar-refractivity contribution in [1.29, 1.82) is 0 Å². The van der Waals surface area contributed by atoms with Crippen molar-refractivity contribution in [2.45, 2.75) is 19.8 Å². The van der Waals surface area contributed by atoms with Crippen molar-refractivity contribution in [1.82, 2.24) is 0 Å². The van der Waals surface area contributed by atoms with Gasteiger partial charge in [0.25, 0.3) is 0 Å². The summed E-state index contributed by atoms with van der Waals surface area (Å²) in [5.41, 5.74) is 1.46. The first-order valence-electron chi connectivity index (χ1n) is 7.65. The van der Waals surface area contributed by atoms with Gasteiger partial charge in [-0.15, -0.1) is 0 Å². The molecule has 23 heavy (non-hydrogen) atoms. The minimum absolute atomic E-state index is 0.264. The van der Waals surface area contributed by atoms with Gasteiger partial charge in [0.2, 0.25) is 5.91 Å². The Morgan fingerprint density at radius 2 is 1.83 bits per heavy atom. The normalized spacial score (nSPS) is 10.7. The zero-order valence-corrected chi connectivity index (χ0v) is 13.1. The molecule has 0 heterocycles. The topological polar surface area (TPSA) is 38.3 Å². The molecule has 0 aliphatic heterocycles. The summed E-state index contributed by atoms with van der Waals surface area (Å²) >= 11 is 0. The summed E-state index contributed by atoms with van der Waals surface area (Å²) in [7, 11) is 0. The lowest BCUT2D eigenvalue weighted by molar-refractivity contribution is -0.111. The maximum Gasteiger partial charge on any atom is 0.248 e. The summed E-state index contributed by atoms with van der Waals surface area (Å²) in [6.07, 6.45) is 5.29. The summed E-state index contributed by atoms with van der Waals surface area (Å²) in [5.74, 6) is 0.228. The average Bonchev–Trinajstić information content (AvgIpc) is 2.56. The Kier molecular flexibility index (Phi) is 6.36. The third kappa shape index (κ3) is 5.94. The van der Waals surface area contributed by atoms with Crippen LogP contribution in [0.2, 0.25) is 0 Å². The van der Waals surface area contributed by atoms with Crippen LogP contribution in [0, 0.1) is 5.82 Å². The van der Waals surface area contributed by atoms with E-state index in [0.717, 1.165) is 24.2 Å². The first kappa shape index (κ1) is 16.7. The molecule has 0 aliphatic rings. The van der Waals surface area contributed by atoms with Gasteiger partial charge in [0.1, 0.15) is 11.6 Å². The molecule has 0 radical (unpaired) electrons. The number of ether oxygens (including phenoxy) is 1. The van der Waals surface area contributed by atoms with Gasteiger partial charge in [0.15, 0.2) is 0 Å². The number of anilines is 1. The van der Waals surface area contributed by atoms with Crippen LogP contribution >= 0.6 is 0 Å². The van der Waals surface area contributed by atoms with Crippen molar-refractivity contribution >= 4 is 17.7 Å². The van der Waals surface area contributed by atoms with Crippen LogP contribution in [0.5, 0.6) is 5.75 Å². The molecular weight excluding hydrogens is 293 g/mol. The number of benzene rings is 2. The summed E-state index contributed by atoms with van der Waals surface area (Å²) in [5, 5.41) is 2.67. The molecule has 0 spiro atoms. The van der Waals surface area contributed by atoms with Crippen LogP contribution < -0.4 is 10.1 Å². The van der Waals surface area contributed by atoms with Crippen molar-refractivity contribution in [3.8, 4) is 5.75 Å². The van der Waals surface area contributed by atoms with Crippen molar-refractivity contribution in [2.75, 3.05) is 11.9 Å². The average molecular weight is 313 g/mol. The second-order valence-electron chi connectivity index (χ2n) is 5.10. The van der Waals surface area contributed by atoms with Gasteiger partial charge < -0.3 is 10.1 Å². The third-order valence-corrected chi connectivity index (χ3v) is 3.19. The van der Waals surface area contributed by atoms with Gasteiger partial charge in [0.05, 0.1) is 6.61 Å². The zero-order chi connectivity index (χ0) is 16.5. The van der Waals surface area contributed by atoms with E-state index in [1.807, 2.05) is 24.3 Å². The summed E-state index contributed by atoms with van der Waals surface area (Å²) in [4.78, 5) is 11.8. The number of unbranched alkanes of at least 4 members (excludes halogenated alkanes) is 1. The molecule has 2 aromatic rings. The van der Waals surface area contributed by atoms with Gasteiger partial charge in [-0.3, -0.25) is 4.79 Å². The smallest absolute Gasteiger partial charge is 0.248 e. The highest BCUT2D eigenvalue weighted by Gasteiger charge is 1.98. The highest BCUT2D eigenvalue weighted by molar-refractivity contribution is 6.01. The maximum atomic E-state index is 12.8. The molecule has 2 rings (SSSR count). The Labute approximate surface area is 135 Å². The lowest BCUT2D eigenvalue weighted by atomic mass is 10.2. The molecule has 3 nitrogen and oxygen atoms in total. The number of halogens is 1. The Hall–Kier alpha value is -2.62. The molecule has 4 heteroatoms. The zero-order valence-electron chi connectivity index (χ0n) is 13.1. The van der Waals surface area contributed by atoms with E-state index in [2.05, 4.69) is 12.2 Å². The summed E-state index contributed by atoms with van der Waals surface area (Å²) < 4.78 is 18.4. The fourth-order valence-electron chi connectivity index (χ4n) is 1.90. The van der Waals surface area contributed by atoms with Crippen LogP contribution in [-0.4, -0.2) is 12.5 Å². The van der Waals surface area contributed by atoms with Crippen molar-refractivity contribution in [3.63, 3.8) is 0 Å². The molecule has 0 saturated carbocycles. The molecule has 0 saturated heterocycles. The van der Waals surface area contributed by atoms with Crippen molar-refractivity contribution in [2.24, 2.45) is 0 Å². The minimum Gasteiger partial charge on any atom is -0.494 e. The van der Waals surface area contributed by atoms with E-state index in [9.17, 15) is 9.18 Å². The predicted octanol–water partition coefficient (Wildman–Crippen LogP) is 4.66. The fraction of sp³-hybridized carbons (Fsp3) is 0.211. The van der Waals surface area contributed by atoms with Gasteiger partial charge >= 0.3 is 0 Å². The molecule has 0 aromatic heterocycles. The number of hydrogen-bond acceptors (Lipinski definition) is 2. The van der Waals surface area contributed by atoms with Crippen LogP contribution in [0.3, 0.4) is 0 Å². The fourth-order valence-corrected chi connectivity index (χ4v) is 1.90. The Balaban J connectivity index is 1.86. The van der Waals surface area contributed by atoms with Gasteiger partial charge in [-0.05, 0) is 54.5 Å². The molecule has 120 valence electrons. The Morgan fingerprint density at radius 3 is 2.48 bits per heavy atom. The van der Waals surface area contributed by atoms with Crippen molar-refractivity contribution in [3.05, 3.63) is 66.0 Å². The van der Waals surface area contributed by atoms with E-state index >= 15 is 0 Å². The van der Waals surface area contributed by atoms with Gasteiger partial charge in [0, 0.05) is 11.8 Å². The number of carbonyl (C=O) groups is 1. The highest BCUT2D eigenvalue weighted by Crippen LogP contribution is 2.14. The van der Waals surface area contributed by atoms with E-state index in [4.69, 9.17) is 4.74 Å². The molecule has 0 unspecified atom stereocenters. The molecule has 1 N–H and O–H groups in total. The first-order chi connectivity index (χ1) is 11.2. The number of carbonyl (C=O) groups excluding carboxylic acids is 1. The van der Waals surface area contributed by atoms with E-state index in [-0.39, 0.29) is 11.7 Å². The number of nitrogens with one attached hydrogen (secondary N) is 1. The molecule has 0 bridgehead atoms. The largest absolute Gasteiger partial charge is 0.494 e. The molecule has 2 aromatic carbocycles. The predicted molar refractivity (Wildman–Crippen MR) is 90.9 cm³/mol. The van der Waals surface area contributed by atoms with Crippen LogP contribution in [0.1, 0.15) is 25.3 Å². The standard InChI is InChI=1S/C19H20FNO2/c1-2-3-14-23-18-11-4-15(5-12-18)6-13-19(22)21-17-9-7-16(20)8-10-17/h4-13H,2-3,14H2,1H3,(H,21,22)/b13-6+. The lowest BCUT2D eigenvalue weighted by Gasteiger charge is -2.05. The highest BCUT2D eigenvalue weighted by atomic mass is 19.1. The Morgan fingerprint density at radius 1 is 1.13 bits per heavy atom. The van der Waals surface area contributed by atoms with Crippen LogP contribution in [-0.2, 0) is 4.79 Å². The van der Waals surface area contributed by atoms with Crippen molar-refractivity contribution < 1.29 is 13.9 Å². The van der Waals surface area contributed by atoms with E-state index in [1.54, 1.807) is 6.08 Å². The molecule has 0 aliphatic carbocycles. The molecule has 1 amide bonds. The minimum atomic E-state index is -0.334. The van der Waals surface area contributed by atoms with Crippen LogP contribution in [0.15, 0.2) is 54.6 Å². The number of rotatable bonds is 7. The van der Waals surface area contributed by atoms with E-state index < -0.39 is 0 Å². The number of hydrogen-bond donors (Lipinski definition) is 1. The quantitative estimate of drug-likeness (QED) is 0.596. The van der Waals surface area contributed by atoms with E-state index in [0.29, 0.717) is 12.3 Å². The van der Waals surface area contributed by atoms with Gasteiger partial charge in [-0.25, -0.2) is 4.39 Å². The monoisotopic (exact) mass is 313 g/mol. The van der Waals surface area contributed by atoms with Gasteiger partial charge in [-0.2, -0.15) is 0 Å². The Bertz CT molecular complexity index is 648. The summed E-state index contributed by atoms with van der Waals surface area (Å²) in [6, 6.07) is 13.2. The molecular formula is C19H20FNO2. The maximum absolute atomic E-state index is 12.8. The summed E-state index contributed by atoms with van der Waals surface area (Å²) in [6.45, 7) is 2.83.